The van der Waals surface area contributed by atoms with Gasteiger partial charge in [-0.05, 0) is 68.7 Å². The van der Waals surface area contributed by atoms with Crippen LogP contribution in [0, 0.1) is 6.92 Å². The molecule has 2 nitrogen and oxygen atoms in total. The quantitative estimate of drug-likeness (QED) is 0.771. The van der Waals surface area contributed by atoms with Crippen LogP contribution in [0.4, 0.5) is 5.69 Å². The SMILES string of the molecule is C/N=C1/C=C(C)C(C)=C=C/C1=C(/C)Nc1cccc(C)c1. The molecule has 0 unspecified atom stereocenters. The van der Waals surface area contributed by atoms with Gasteiger partial charge in [-0.3, -0.25) is 4.99 Å². The van der Waals surface area contributed by atoms with Crippen molar-refractivity contribution in [1.82, 2.24) is 0 Å². The van der Waals surface area contributed by atoms with Gasteiger partial charge >= 0.3 is 0 Å². The number of nitrogens with zero attached hydrogens (tertiary/aromatic N) is 1. The van der Waals surface area contributed by atoms with E-state index in [1.807, 2.05) is 13.1 Å². The van der Waals surface area contributed by atoms with Gasteiger partial charge in [0.1, 0.15) is 0 Å². The monoisotopic (exact) mass is 278 g/mol. The molecule has 2 rings (SSSR count). The third-order valence-electron chi connectivity index (χ3n) is 3.65. The highest BCUT2D eigenvalue weighted by Crippen LogP contribution is 2.20. The second-order valence-corrected chi connectivity index (χ2v) is 5.38. The number of allylic oxidation sites excluding steroid dienone is 5. The van der Waals surface area contributed by atoms with Crippen molar-refractivity contribution in [3.05, 3.63) is 70.1 Å². The first-order valence-corrected chi connectivity index (χ1v) is 7.15. The van der Waals surface area contributed by atoms with Crippen LogP contribution in [0.15, 0.2) is 69.6 Å². The molecule has 0 saturated carbocycles. The predicted octanol–water partition coefficient (Wildman–Crippen LogP) is 4.81. The van der Waals surface area contributed by atoms with Gasteiger partial charge < -0.3 is 5.32 Å². The number of aryl methyl sites for hydroxylation is 1. The first kappa shape index (κ1) is 15.1. The Bertz CT molecular complexity index is 709. The number of nitrogens with one attached hydrogen (secondary N) is 1. The van der Waals surface area contributed by atoms with E-state index in [9.17, 15) is 0 Å². The van der Waals surface area contributed by atoms with Gasteiger partial charge in [0.15, 0.2) is 0 Å². The van der Waals surface area contributed by atoms with Crippen LogP contribution in [0.5, 0.6) is 0 Å². The summed E-state index contributed by atoms with van der Waals surface area (Å²) in [6, 6.07) is 8.36. The van der Waals surface area contributed by atoms with Gasteiger partial charge in [0.2, 0.25) is 0 Å². The summed E-state index contributed by atoms with van der Waals surface area (Å²) < 4.78 is 0. The van der Waals surface area contributed by atoms with Gasteiger partial charge in [-0.2, -0.15) is 0 Å². The Morgan fingerprint density at radius 3 is 2.62 bits per heavy atom. The van der Waals surface area contributed by atoms with E-state index in [2.05, 4.69) is 74.1 Å². The second kappa shape index (κ2) is 6.43. The van der Waals surface area contributed by atoms with Crippen molar-refractivity contribution < 1.29 is 0 Å². The normalized spacial score (nSPS) is 19.0. The molecule has 0 aliphatic heterocycles. The molecular weight excluding hydrogens is 256 g/mol. The van der Waals surface area contributed by atoms with Crippen LogP contribution in [-0.2, 0) is 0 Å². The molecule has 0 amide bonds. The highest BCUT2D eigenvalue weighted by Gasteiger charge is 2.09. The Hall–Kier alpha value is -2.31. The average molecular weight is 278 g/mol. The van der Waals surface area contributed by atoms with E-state index in [0.717, 1.165) is 28.2 Å². The van der Waals surface area contributed by atoms with Crippen LogP contribution in [0.2, 0.25) is 0 Å². The highest BCUT2D eigenvalue weighted by molar-refractivity contribution is 6.12. The van der Waals surface area contributed by atoms with Gasteiger partial charge in [-0.15, -0.1) is 5.73 Å². The number of anilines is 1. The van der Waals surface area contributed by atoms with Gasteiger partial charge in [0, 0.05) is 24.0 Å². The Balaban J connectivity index is 2.44. The van der Waals surface area contributed by atoms with Gasteiger partial charge in [0.25, 0.3) is 0 Å². The molecule has 108 valence electrons. The van der Waals surface area contributed by atoms with Gasteiger partial charge in [-0.25, -0.2) is 0 Å². The van der Waals surface area contributed by atoms with Gasteiger partial charge in [0.05, 0.1) is 5.71 Å². The zero-order valence-electron chi connectivity index (χ0n) is 13.4. The number of hydrogen-bond donors (Lipinski definition) is 1. The molecule has 0 saturated heterocycles. The first-order chi connectivity index (χ1) is 10.0. The summed E-state index contributed by atoms with van der Waals surface area (Å²) in [7, 11) is 1.83. The predicted molar refractivity (Wildman–Crippen MR) is 91.9 cm³/mol. The third kappa shape index (κ3) is 3.62. The lowest BCUT2D eigenvalue weighted by Crippen LogP contribution is -2.06. The topological polar surface area (TPSA) is 24.4 Å². The van der Waals surface area contributed by atoms with E-state index in [4.69, 9.17) is 0 Å². The third-order valence-corrected chi connectivity index (χ3v) is 3.65. The Labute approximate surface area is 127 Å². The van der Waals surface area contributed by atoms with Crippen molar-refractivity contribution in [2.75, 3.05) is 12.4 Å². The minimum atomic E-state index is 0.981. The molecule has 0 heterocycles. The lowest BCUT2D eigenvalue weighted by Gasteiger charge is -2.12. The fraction of sp³-hybridized carbons (Fsp3) is 0.263. The lowest BCUT2D eigenvalue weighted by molar-refractivity contribution is 1.32. The smallest absolute Gasteiger partial charge is 0.0669 e. The molecule has 1 aromatic carbocycles. The molecule has 0 spiro atoms. The molecular formula is C19H22N2. The summed E-state index contributed by atoms with van der Waals surface area (Å²) >= 11 is 0. The average Bonchev–Trinajstić information content (AvgIpc) is 2.59. The zero-order valence-corrected chi connectivity index (χ0v) is 13.4. The van der Waals surface area contributed by atoms with E-state index in [1.165, 1.54) is 11.1 Å². The van der Waals surface area contributed by atoms with Crippen molar-refractivity contribution in [2.24, 2.45) is 4.99 Å². The molecule has 0 radical (unpaired) electrons. The Morgan fingerprint density at radius 1 is 1.19 bits per heavy atom. The molecule has 0 fully saturated rings. The van der Waals surface area contributed by atoms with Crippen LogP contribution < -0.4 is 5.32 Å². The number of rotatable bonds is 2. The molecule has 0 atom stereocenters. The molecule has 0 bridgehead atoms. The summed E-state index contributed by atoms with van der Waals surface area (Å²) in [6.07, 6.45) is 4.13. The maximum atomic E-state index is 4.41. The minimum absolute atomic E-state index is 0.981. The van der Waals surface area contributed by atoms with Crippen molar-refractivity contribution in [1.29, 1.82) is 0 Å². The summed E-state index contributed by atoms with van der Waals surface area (Å²) in [5.74, 6) is 0. The van der Waals surface area contributed by atoms with E-state index in [1.54, 1.807) is 0 Å². The van der Waals surface area contributed by atoms with Crippen LogP contribution in [0.3, 0.4) is 0 Å². The standard InChI is InChI=1S/C19H22N2/c1-13-7-6-8-17(11-13)21-16(4)18-10-9-14(2)15(3)12-19(18)20-5/h6-8,10-12,21H,1-5H3/b18-16+,20-19-. The van der Waals surface area contributed by atoms with Crippen molar-refractivity contribution >= 4 is 11.4 Å². The lowest BCUT2D eigenvalue weighted by atomic mass is 10.1. The molecule has 2 heteroatoms. The van der Waals surface area contributed by atoms with E-state index in [-0.39, 0.29) is 0 Å². The summed E-state index contributed by atoms with van der Waals surface area (Å²) in [5, 5.41) is 3.46. The molecule has 21 heavy (non-hydrogen) atoms. The van der Waals surface area contributed by atoms with Crippen molar-refractivity contribution in [3.8, 4) is 0 Å². The fourth-order valence-corrected chi connectivity index (χ4v) is 2.25. The number of benzene rings is 1. The van der Waals surface area contributed by atoms with Crippen LogP contribution in [-0.4, -0.2) is 12.8 Å². The number of aliphatic imine (C=N–C) groups is 1. The van der Waals surface area contributed by atoms with E-state index in [0.29, 0.717) is 0 Å². The van der Waals surface area contributed by atoms with Gasteiger partial charge in [-0.1, -0.05) is 12.1 Å². The molecule has 1 aliphatic carbocycles. The van der Waals surface area contributed by atoms with Crippen molar-refractivity contribution in [3.63, 3.8) is 0 Å². The van der Waals surface area contributed by atoms with Crippen LogP contribution in [0.1, 0.15) is 26.3 Å². The molecule has 1 aliphatic rings. The van der Waals surface area contributed by atoms with Crippen molar-refractivity contribution in [2.45, 2.75) is 27.7 Å². The molecule has 0 aromatic heterocycles. The molecule has 1 aromatic rings. The maximum Gasteiger partial charge on any atom is 0.0669 e. The largest absolute Gasteiger partial charge is 0.359 e. The summed E-state index contributed by atoms with van der Waals surface area (Å²) in [6.45, 7) is 8.33. The fourth-order valence-electron chi connectivity index (χ4n) is 2.25. The summed E-state index contributed by atoms with van der Waals surface area (Å²) in [4.78, 5) is 4.41. The molecule has 1 N–H and O–H groups in total. The van der Waals surface area contributed by atoms with E-state index >= 15 is 0 Å². The van der Waals surface area contributed by atoms with Crippen LogP contribution in [0.25, 0.3) is 0 Å². The minimum Gasteiger partial charge on any atom is -0.359 e. The summed E-state index contributed by atoms with van der Waals surface area (Å²) in [5.41, 5.74) is 11.1. The highest BCUT2D eigenvalue weighted by atomic mass is 14.9. The first-order valence-electron chi connectivity index (χ1n) is 7.15. The Kier molecular flexibility index (Phi) is 4.62. The number of hydrogen-bond acceptors (Lipinski definition) is 2. The Morgan fingerprint density at radius 2 is 1.95 bits per heavy atom. The zero-order chi connectivity index (χ0) is 15.4. The maximum absolute atomic E-state index is 4.41. The van der Waals surface area contributed by atoms with E-state index < -0.39 is 0 Å². The van der Waals surface area contributed by atoms with Crippen LogP contribution >= 0.6 is 0 Å². The second-order valence-electron chi connectivity index (χ2n) is 5.38.